The highest BCUT2D eigenvalue weighted by molar-refractivity contribution is 7.66. The third kappa shape index (κ3) is 5.17. The Hall–Kier alpha value is -4.81. The van der Waals surface area contributed by atoms with Crippen molar-refractivity contribution in [3.8, 4) is 0 Å². The molecule has 5 rings (SSSR count). The summed E-state index contributed by atoms with van der Waals surface area (Å²) in [5.41, 5.74) is 0.835. The Morgan fingerprint density at radius 3 is 2.12 bits per heavy atom. The van der Waals surface area contributed by atoms with Crippen LogP contribution in [0.5, 0.6) is 0 Å². The van der Waals surface area contributed by atoms with Crippen LogP contribution in [0.4, 0.5) is 0 Å². The molecular weight excluding hydrogens is 551 g/mol. The van der Waals surface area contributed by atoms with Crippen LogP contribution in [0.15, 0.2) is 125 Å². The molecule has 2 heterocycles. The number of rotatable bonds is 8. The lowest BCUT2D eigenvalue weighted by Crippen LogP contribution is -2.37. The maximum absolute atomic E-state index is 14.2. The molecule has 42 heavy (non-hydrogen) atoms. The van der Waals surface area contributed by atoms with Gasteiger partial charge in [0.2, 0.25) is 0 Å². The van der Waals surface area contributed by atoms with Crippen LogP contribution in [0.2, 0.25) is 0 Å². The van der Waals surface area contributed by atoms with Crippen LogP contribution in [0.1, 0.15) is 33.9 Å². The Bertz CT molecular complexity index is 1850. The minimum absolute atomic E-state index is 0.115. The number of esters is 2. The normalized spacial score (nSPS) is 17.9. The van der Waals surface area contributed by atoms with Gasteiger partial charge in [-0.2, -0.15) is 0 Å². The Morgan fingerprint density at radius 2 is 1.45 bits per heavy atom. The average Bonchev–Trinajstić information content (AvgIpc) is 3.40. The molecule has 0 radical (unpaired) electrons. The molecule has 0 N–H and O–H groups in total. The first kappa shape index (κ1) is 28.7. The predicted octanol–water partition coefficient (Wildman–Crippen LogP) is 5.05. The number of hydrogen-bond donors (Lipinski definition) is 0. The van der Waals surface area contributed by atoms with E-state index in [2.05, 4.69) is 11.3 Å². The number of fused-ring (bicyclic) bond motifs is 2. The quantitative estimate of drug-likeness (QED) is 0.165. The third-order valence-electron chi connectivity index (χ3n) is 7.13. The zero-order valence-electron chi connectivity index (χ0n) is 23.2. The molecule has 0 aliphatic carbocycles. The molecule has 0 fully saturated rings. The molecule has 0 bridgehead atoms. The lowest BCUT2D eigenvalue weighted by atomic mass is 10.1. The SMILES string of the molecule is C=C(/C=C\C=C/CC(=O)OC)[C@@H]1n2c(=O)c3ccccc3c(=O)n2[C@@H](c2ccccc2C(=O)OC)P1c1ccccc1. The molecule has 1 aliphatic rings. The fourth-order valence-electron chi connectivity index (χ4n) is 5.24. The van der Waals surface area contributed by atoms with E-state index < -0.39 is 25.5 Å². The zero-order valence-corrected chi connectivity index (χ0v) is 24.1. The number of ether oxygens (including phenoxy) is 2. The average molecular weight is 581 g/mol. The van der Waals surface area contributed by atoms with Crippen molar-refractivity contribution in [3.05, 3.63) is 147 Å². The molecule has 3 aromatic carbocycles. The van der Waals surface area contributed by atoms with Gasteiger partial charge in [-0.3, -0.25) is 14.4 Å². The van der Waals surface area contributed by atoms with Gasteiger partial charge in [-0.1, -0.05) is 91.5 Å². The molecular formula is C33H29N2O6P. The maximum atomic E-state index is 14.2. The first-order valence-electron chi connectivity index (χ1n) is 13.2. The summed E-state index contributed by atoms with van der Waals surface area (Å²) < 4.78 is 12.8. The van der Waals surface area contributed by atoms with Crippen LogP contribution >= 0.6 is 7.92 Å². The lowest BCUT2D eigenvalue weighted by molar-refractivity contribution is -0.139. The van der Waals surface area contributed by atoms with Gasteiger partial charge in [0, 0.05) is 0 Å². The van der Waals surface area contributed by atoms with E-state index in [-0.39, 0.29) is 23.5 Å². The highest BCUT2D eigenvalue weighted by atomic mass is 31.1. The van der Waals surface area contributed by atoms with Gasteiger partial charge in [0.25, 0.3) is 11.1 Å². The van der Waals surface area contributed by atoms with E-state index in [1.54, 1.807) is 60.7 Å². The van der Waals surface area contributed by atoms with Crippen molar-refractivity contribution in [2.24, 2.45) is 0 Å². The number of benzene rings is 3. The summed E-state index contributed by atoms with van der Waals surface area (Å²) in [6.45, 7) is 4.35. The first-order chi connectivity index (χ1) is 20.4. The summed E-state index contributed by atoms with van der Waals surface area (Å²) in [6, 6.07) is 23.5. The van der Waals surface area contributed by atoms with Crippen LogP contribution in [0.25, 0.3) is 10.8 Å². The van der Waals surface area contributed by atoms with Crippen molar-refractivity contribution < 1.29 is 19.1 Å². The summed E-state index contributed by atoms with van der Waals surface area (Å²) in [4.78, 5) is 52.9. The second-order valence-corrected chi connectivity index (χ2v) is 11.9. The van der Waals surface area contributed by atoms with E-state index in [0.29, 0.717) is 27.5 Å². The Labute approximate surface area is 243 Å². The molecule has 1 aromatic heterocycles. The van der Waals surface area contributed by atoms with Crippen LogP contribution in [-0.4, -0.2) is 35.5 Å². The molecule has 0 amide bonds. The number of carbonyl (C=O) groups excluding carboxylic acids is 2. The van der Waals surface area contributed by atoms with Crippen LogP contribution < -0.4 is 16.4 Å². The lowest BCUT2D eigenvalue weighted by Gasteiger charge is -2.26. The molecule has 4 aromatic rings. The minimum Gasteiger partial charge on any atom is -0.469 e. The molecule has 212 valence electrons. The Kier molecular flexibility index (Phi) is 8.46. The molecule has 3 atom stereocenters. The Morgan fingerprint density at radius 1 is 0.833 bits per heavy atom. The predicted molar refractivity (Wildman–Crippen MR) is 164 cm³/mol. The topological polar surface area (TPSA) is 96.6 Å². The van der Waals surface area contributed by atoms with Crippen LogP contribution in [0, 0.1) is 0 Å². The van der Waals surface area contributed by atoms with E-state index in [9.17, 15) is 19.2 Å². The molecule has 8 nitrogen and oxygen atoms in total. The molecule has 1 unspecified atom stereocenters. The second-order valence-electron chi connectivity index (χ2n) is 9.56. The van der Waals surface area contributed by atoms with Crippen LogP contribution in [0.3, 0.4) is 0 Å². The molecule has 0 spiro atoms. The number of carbonyl (C=O) groups is 2. The minimum atomic E-state index is -1.42. The van der Waals surface area contributed by atoms with E-state index in [1.807, 2.05) is 42.5 Å². The summed E-state index contributed by atoms with van der Waals surface area (Å²) in [5, 5.41) is 1.54. The third-order valence-corrected chi connectivity index (χ3v) is 10.1. The second kappa shape index (κ2) is 12.4. The van der Waals surface area contributed by atoms with Gasteiger partial charge in [0.1, 0.15) is 11.6 Å². The van der Waals surface area contributed by atoms with E-state index in [4.69, 9.17) is 4.74 Å². The van der Waals surface area contributed by atoms with Crippen LogP contribution in [-0.2, 0) is 14.3 Å². The number of aromatic nitrogens is 2. The fourth-order valence-corrected chi connectivity index (χ4v) is 8.46. The highest BCUT2D eigenvalue weighted by Crippen LogP contribution is 2.65. The number of hydrogen-bond acceptors (Lipinski definition) is 6. The zero-order chi connectivity index (χ0) is 29.8. The van der Waals surface area contributed by atoms with E-state index in [1.165, 1.54) is 23.6 Å². The van der Waals surface area contributed by atoms with Gasteiger partial charge >= 0.3 is 11.9 Å². The standard InChI is InChI=1S/C33H29N2O6P/c1-22(14-6-4-9-21-28(36)40-2)31-34-29(37)24-17-10-11-18-25(24)30(38)35(34)32(42(31)23-15-7-5-8-16-23)26-19-12-13-20-27(26)33(39)41-3/h4-20,31-32H,1,21H2,2-3H3/b9-4-,14-6-/t31-,32-,42?/m1/s1. The molecule has 0 saturated heterocycles. The summed E-state index contributed by atoms with van der Waals surface area (Å²) in [5.74, 6) is -2.18. The number of methoxy groups -OCH3 is 2. The molecule has 1 aliphatic heterocycles. The number of allylic oxidation sites excluding steroid dienone is 4. The summed E-state index contributed by atoms with van der Waals surface area (Å²) >= 11 is 0. The van der Waals surface area contributed by atoms with Gasteiger partial charge in [0.05, 0.1) is 37.0 Å². The van der Waals surface area contributed by atoms with Crippen molar-refractivity contribution in [2.45, 2.75) is 18.0 Å². The monoisotopic (exact) mass is 580 g/mol. The van der Waals surface area contributed by atoms with Gasteiger partial charge in [-0.05, 0) is 42.6 Å². The first-order valence-corrected chi connectivity index (χ1v) is 14.7. The van der Waals surface area contributed by atoms with Crippen molar-refractivity contribution in [2.75, 3.05) is 14.2 Å². The van der Waals surface area contributed by atoms with Gasteiger partial charge in [-0.25, -0.2) is 14.2 Å². The van der Waals surface area contributed by atoms with E-state index >= 15 is 0 Å². The van der Waals surface area contributed by atoms with Crippen molar-refractivity contribution in [3.63, 3.8) is 0 Å². The fraction of sp³-hybridized carbons (Fsp3) is 0.152. The Balaban J connectivity index is 1.79. The van der Waals surface area contributed by atoms with E-state index in [0.717, 1.165) is 5.30 Å². The summed E-state index contributed by atoms with van der Waals surface area (Å²) in [6.07, 6.45) is 7.01. The van der Waals surface area contributed by atoms with Gasteiger partial charge < -0.3 is 9.47 Å². The maximum Gasteiger partial charge on any atom is 0.338 e. The molecule has 0 saturated carbocycles. The smallest absolute Gasteiger partial charge is 0.338 e. The van der Waals surface area contributed by atoms with Gasteiger partial charge in [-0.15, -0.1) is 0 Å². The number of nitrogens with zero attached hydrogens (tertiary/aromatic N) is 2. The van der Waals surface area contributed by atoms with Crippen molar-refractivity contribution >= 4 is 35.9 Å². The van der Waals surface area contributed by atoms with Crippen molar-refractivity contribution in [1.29, 1.82) is 0 Å². The highest BCUT2D eigenvalue weighted by Gasteiger charge is 2.46. The summed E-state index contributed by atoms with van der Waals surface area (Å²) in [7, 11) is 1.22. The van der Waals surface area contributed by atoms with Crippen molar-refractivity contribution in [1.82, 2.24) is 9.36 Å². The van der Waals surface area contributed by atoms with Gasteiger partial charge in [0.15, 0.2) is 0 Å². The largest absolute Gasteiger partial charge is 0.469 e. The molecule has 9 heteroatoms.